The van der Waals surface area contributed by atoms with Crippen LogP contribution in [0.5, 0.6) is 0 Å². The van der Waals surface area contributed by atoms with Crippen LogP contribution in [0.2, 0.25) is 0 Å². The van der Waals surface area contributed by atoms with E-state index in [1.807, 2.05) is 0 Å². The van der Waals surface area contributed by atoms with Gasteiger partial charge in [-0.25, -0.2) is 15.0 Å². The number of hydrogen-bond donors (Lipinski definition) is 2. The Kier molecular flexibility index (Phi) is 6.53. The van der Waals surface area contributed by atoms with E-state index < -0.39 is 0 Å². The number of benzene rings is 2. The molecule has 2 aromatic carbocycles. The molecule has 2 N–H and O–H groups in total. The van der Waals surface area contributed by atoms with Gasteiger partial charge in [-0.3, -0.25) is 4.90 Å². The van der Waals surface area contributed by atoms with Crippen molar-refractivity contribution in [2.24, 2.45) is 0 Å². The van der Waals surface area contributed by atoms with Gasteiger partial charge in [-0.2, -0.15) is 0 Å². The molecule has 0 spiro atoms. The van der Waals surface area contributed by atoms with Gasteiger partial charge in [0, 0.05) is 63.1 Å². The van der Waals surface area contributed by atoms with Crippen LogP contribution in [0.15, 0.2) is 60.9 Å². The minimum atomic E-state index is 0.380. The second-order valence-corrected chi connectivity index (χ2v) is 10.0. The highest BCUT2D eigenvalue weighted by Gasteiger charge is 2.22. The molecule has 0 bridgehead atoms. The fourth-order valence-corrected chi connectivity index (χ4v) is 5.22. The summed E-state index contributed by atoms with van der Waals surface area (Å²) in [6.07, 6.45) is 3.87. The summed E-state index contributed by atoms with van der Waals surface area (Å²) in [6.45, 7) is 7.48. The topological polar surface area (TPSA) is 76.2 Å². The molecule has 2 saturated heterocycles. The fourth-order valence-electron chi connectivity index (χ4n) is 5.22. The van der Waals surface area contributed by atoms with Crippen LogP contribution in [0.25, 0.3) is 22.6 Å². The molecule has 8 heteroatoms. The summed E-state index contributed by atoms with van der Waals surface area (Å²) in [4.78, 5) is 24.7. The molecule has 2 aliphatic heterocycles. The Bertz CT molecular complexity index is 1270. The van der Waals surface area contributed by atoms with E-state index in [4.69, 9.17) is 9.97 Å². The number of likely N-dealkylation sites (N-methyl/N-ethyl adjacent to an activating group) is 1. The number of rotatable bonds is 6. The standard InChI is InChI=1S/C28H34N8/c1-34-15-17-36(18-16-34)24-9-7-22(8-10-24)26-32-27-25(29-20-30-27)28(33-26)31-23-11-13-35(14-12-23)19-21-5-3-2-4-6-21/h2-10,20,23H,11-19H2,1H3,(H2,29,30,31,32,33). The zero-order valence-corrected chi connectivity index (χ0v) is 20.9. The molecule has 2 aromatic heterocycles. The van der Waals surface area contributed by atoms with Crippen LogP contribution in [0, 0.1) is 0 Å². The van der Waals surface area contributed by atoms with Crippen molar-refractivity contribution in [2.75, 3.05) is 56.5 Å². The minimum absolute atomic E-state index is 0.380. The van der Waals surface area contributed by atoms with Crippen molar-refractivity contribution in [2.45, 2.75) is 25.4 Å². The van der Waals surface area contributed by atoms with Crippen molar-refractivity contribution in [1.82, 2.24) is 29.7 Å². The highest BCUT2D eigenvalue weighted by molar-refractivity contribution is 5.84. The van der Waals surface area contributed by atoms with Crippen LogP contribution in [-0.4, -0.2) is 82.1 Å². The van der Waals surface area contributed by atoms with Crippen molar-refractivity contribution in [3.63, 3.8) is 0 Å². The summed E-state index contributed by atoms with van der Waals surface area (Å²) in [7, 11) is 2.18. The number of hydrogen-bond acceptors (Lipinski definition) is 7. The van der Waals surface area contributed by atoms with Gasteiger partial charge in [0.1, 0.15) is 5.52 Å². The number of imidazole rings is 1. The number of fused-ring (bicyclic) bond motifs is 1. The largest absolute Gasteiger partial charge is 0.369 e. The predicted molar refractivity (Wildman–Crippen MR) is 145 cm³/mol. The van der Waals surface area contributed by atoms with Crippen LogP contribution in [-0.2, 0) is 6.54 Å². The summed E-state index contributed by atoms with van der Waals surface area (Å²) in [6, 6.07) is 19.7. The Morgan fingerprint density at radius 1 is 0.889 bits per heavy atom. The molecule has 186 valence electrons. The second-order valence-electron chi connectivity index (χ2n) is 10.0. The van der Waals surface area contributed by atoms with Gasteiger partial charge >= 0.3 is 0 Å². The lowest BCUT2D eigenvalue weighted by atomic mass is 10.0. The van der Waals surface area contributed by atoms with Gasteiger partial charge in [0.15, 0.2) is 17.3 Å². The number of nitrogens with zero attached hydrogens (tertiary/aromatic N) is 6. The number of piperazine rings is 1. The lowest BCUT2D eigenvalue weighted by Gasteiger charge is -2.34. The van der Waals surface area contributed by atoms with Crippen LogP contribution >= 0.6 is 0 Å². The zero-order chi connectivity index (χ0) is 24.3. The van der Waals surface area contributed by atoms with E-state index in [1.165, 1.54) is 11.3 Å². The van der Waals surface area contributed by atoms with Crippen molar-refractivity contribution < 1.29 is 0 Å². The summed E-state index contributed by atoms with van der Waals surface area (Å²) in [5, 5.41) is 3.71. The Balaban J connectivity index is 1.15. The first kappa shape index (κ1) is 22.9. The smallest absolute Gasteiger partial charge is 0.183 e. The predicted octanol–water partition coefficient (Wildman–Crippen LogP) is 3.85. The van der Waals surface area contributed by atoms with Gasteiger partial charge in [-0.15, -0.1) is 0 Å². The second kappa shape index (κ2) is 10.2. The van der Waals surface area contributed by atoms with E-state index >= 15 is 0 Å². The maximum atomic E-state index is 4.95. The number of nitrogens with one attached hydrogen (secondary N) is 2. The van der Waals surface area contributed by atoms with Crippen LogP contribution in [0.3, 0.4) is 0 Å². The van der Waals surface area contributed by atoms with E-state index in [1.54, 1.807) is 6.33 Å². The van der Waals surface area contributed by atoms with E-state index in [0.717, 1.165) is 75.6 Å². The highest BCUT2D eigenvalue weighted by Crippen LogP contribution is 2.27. The average Bonchev–Trinajstić information content (AvgIpc) is 3.40. The zero-order valence-electron chi connectivity index (χ0n) is 20.9. The average molecular weight is 483 g/mol. The Labute approximate surface area is 212 Å². The third-order valence-electron chi connectivity index (χ3n) is 7.46. The number of piperidine rings is 1. The molecule has 0 saturated carbocycles. The van der Waals surface area contributed by atoms with E-state index in [9.17, 15) is 0 Å². The van der Waals surface area contributed by atoms with Gasteiger partial charge in [0.2, 0.25) is 0 Å². The van der Waals surface area contributed by atoms with E-state index in [0.29, 0.717) is 17.5 Å². The lowest BCUT2D eigenvalue weighted by molar-refractivity contribution is 0.211. The number of anilines is 2. The normalized spacial score (nSPS) is 18.1. The monoisotopic (exact) mass is 482 g/mol. The molecule has 6 rings (SSSR count). The van der Waals surface area contributed by atoms with Crippen LogP contribution < -0.4 is 10.2 Å². The maximum Gasteiger partial charge on any atom is 0.183 e. The van der Waals surface area contributed by atoms with Gasteiger partial charge in [-0.05, 0) is 49.7 Å². The van der Waals surface area contributed by atoms with Gasteiger partial charge < -0.3 is 20.1 Å². The number of aromatic nitrogens is 4. The summed E-state index contributed by atoms with van der Waals surface area (Å²) in [5.74, 6) is 1.56. The molecule has 4 heterocycles. The molecule has 0 unspecified atom stereocenters. The molecular formula is C28H34N8. The first-order chi connectivity index (χ1) is 17.7. The quantitative estimate of drug-likeness (QED) is 0.432. The molecule has 0 aliphatic carbocycles. The Morgan fingerprint density at radius 2 is 1.64 bits per heavy atom. The molecule has 2 aliphatic rings. The Morgan fingerprint density at radius 3 is 2.39 bits per heavy atom. The minimum Gasteiger partial charge on any atom is -0.369 e. The van der Waals surface area contributed by atoms with Crippen molar-refractivity contribution in [3.05, 3.63) is 66.5 Å². The van der Waals surface area contributed by atoms with Crippen LogP contribution in [0.1, 0.15) is 18.4 Å². The molecule has 0 radical (unpaired) electrons. The third-order valence-corrected chi connectivity index (χ3v) is 7.46. The number of likely N-dealkylation sites (tertiary alicyclic amines) is 1. The summed E-state index contributed by atoms with van der Waals surface area (Å²) >= 11 is 0. The Hall–Kier alpha value is -3.49. The van der Waals surface area contributed by atoms with Gasteiger partial charge in [0.25, 0.3) is 0 Å². The molecule has 4 aromatic rings. The number of aromatic amines is 1. The molecule has 36 heavy (non-hydrogen) atoms. The van der Waals surface area contributed by atoms with Crippen molar-refractivity contribution in [1.29, 1.82) is 0 Å². The first-order valence-electron chi connectivity index (χ1n) is 13.0. The SMILES string of the molecule is CN1CCN(c2ccc(-c3nc(NC4CCN(Cc5ccccc5)CC4)c4[nH]cnc4n3)cc2)CC1. The van der Waals surface area contributed by atoms with Gasteiger partial charge in [0.05, 0.1) is 6.33 Å². The maximum absolute atomic E-state index is 4.95. The number of H-pyrrole nitrogens is 1. The molecule has 8 nitrogen and oxygen atoms in total. The lowest BCUT2D eigenvalue weighted by Crippen LogP contribution is -2.44. The first-order valence-corrected chi connectivity index (χ1v) is 13.0. The highest BCUT2D eigenvalue weighted by atomic mass is 15.2. The summed E-state index contributed by atoms with van der Waals surface area (Å²) in [5.41, 5.74) is 5.22. The fraction of sp³-hybridized carbons (Fsp3) is 0.393. The van der Waals surface area contributed by atoms with E-state index in [2.05, 4.69) is 91.6 Å². The molecule has 0 amide bonds. The van der Waals surface area contributed by atoms with E-state index in [-0.39, 0.29) is 0 Å². The van der Waals surface area contributed by atoms with Crippen LogP contribution in [0.4, 0.5) is 11.5 Å². The van der Waals surface area contributed by atoms with Gasteiger partial charge in [-0.1, -0.05) is 30.3 Å². The van der Waals surface area contributed by atoms with Crippen molar-refractivity contribution >= 4 is 22.7 Å². The summed E-state index contributed by atoms with van der Waals surface area (Å²) < 4.78 is 0. The molecule has 0 atom stereocenters. The molecule has 2 fully saturated rings. The molecular weight excluding hydrogens is 448 g/mol. The third kappa shape index (κ3) is 5.05. The van der Waals surface area contributed by atoms with Crippen molar-refractivity contribution in [3.8, 4) is 11.4 Å².